The molecular weight excluding hydrogens is 232 g/mol. The number of hydrogen-bond acceptors (Lipinski definition) is 5. The average molecular weight is 252 g/mol. The maximum Gasteiger partial charge on any atom is 0.321 e. The van der Waals surface area contributed by atoms with E-state index in [1.54, 1.807) is 6.92 Å². The van der Waals surface area contributed by atoms with E-state index in [0.29, 0.717) is 18.3 Å². The van der Waals surface area contributed by atoms with Gasteiger partial charge in [-0.05, 0) is 25.2 Å². The van der Waals surface area contributed by atoms with E-state index in [9.17, 15) is 4.79 Å². The number of esters is 1. The van der Waals surface area contributed by atoms with Gasteiger partial charge in [-0.1, -0.05) is 25.9 Å². The molecule has 0 saturated heterocycles. The summed E-state index contributed by atoms with van der Waals surface area (Å²) in [5, 5.41) is 3.96. The highest BCUT2D eigenvalue weighted by atomic mass is 16.5. The van der Waals surface area contributed by atoms with Crippen molar-refractivity contribution in [2.75, 3.05) is 6.61 Å². The van der Waals surface area contributed by atoms with Crippen LogP contribution in [0.5, 0.6) is 0 Å². The van der Waals surface area contributed by atoms with Crippen LogP contribution in [0.1, 0.15) is 52.3 Å². The van der Waals surface area contributed by atoms with Gasteiger partial charge in [0, 0.05) is 6.42 Å². The number of hydrogen-bond donors (Lipinski definition) is 0. The zero-order chi connectivity index (χ0) is 13.4. The van der Waals surface area contributed by atoms with Gasteiger partial charge in [-0.15, -0.1) is 0 Å². The standard InChI is InChI=1S/C13H20N2O3/c1-5-17-11(16)13(6-7-13)10-14-9(15-18-10)8-12(2,3)4/h5-8H2,1-4H3. The third-order valence-electron chi connectivity index (χ3n) is 2.98. The average Bonchev–Trinajstić information content (AvgIpc) is 2.94. The highest BCUT2D eigenvalue weighted by Gasteiger charge is 2.57. The summed E-state index contributed by atoms with van der Waals surface area (Å²) in [5.74, 6) is 0.837. The van der Waals surface area contributed by atoms with Gasteiger partial charge in [-0.25, -0.2) is 0 Å². The van der Waals surface area contributed by atoms with Crippen molar-refractivity contribution in [1.82, 2.24) is 10.1 Å². The lowest BCUT2D eigenvalue weighted by atomic mass is 9.92. The molecule has 18 heavy (non-hydrogen) atoms. The minimum absolute atomic E-state index is 0.0990. The highest BCUT2D eigenvalue weighted by molar-refractivity contribution is 5.85. The van der Waals surface area contributed by atoms with Crippen LogP contribution >= 0.6 is 0 Å². The summed E-state index contributed by atoms with van der Waals surface area (Å²) in [7, 11) is 0. The van der Waals surface area contributed by atoms with Crippen LogP contribution in [0.4, 0.5) is 0 Å². The lowest BCUT2D eigenvalue weighted by Gasteiger charge is -2.14. The molecule has 100 valence electrons. The zero-order valence-electron chi connectivity index (χ0n) is 11.4. The molecule has 1 aromatic rings. The number of carbonyl (C=O) groups excluding carboxylic acids is 1. The first-order chi connectivity index (χ1) is 8.37. The Morgan fingerprint density at radius 1 is 1.44 bits per heavy atom. The second kappa shape index (κ2) is 4.37. The first-order valence-electron chi connectivity index (χ1n) is 6.38. The first kappa shape index (κ1) is 13.1. The zero-order valence-corrected chi connectivity index (χ0v) is 11.4. The Hall–Kier alpha value is -1.39. The largest absolute Gasteiger partial charge is 0.465 e. The van der Waals surface area contributed by atoms with Crippen molar-refractivity contribution in [2.45, 2.75) is 52.4 Å². The molecule has 1 aromatic heterocycles. The van der Waals surface area contributed by atoms with Crippen molar-refractivity contribution in [3.8, 4) is 0 Å². The molecule has 0 aliphatic heterocycles. The van der Waals surface area contributed by atoms with E-state index in [1.165, 1.54) is 0 Å². The summed E-state index contributed by atoms with van der Waals surface area (Å²) in [6, 6.07) is 0. The van der Waals surface area contributed by atoms with E-state index in [2.05, 4.69) is 30.9 Å². The third kappa shape index (κ3) is 2.54. The van der Waals surface area contributed by atoms with Gasteiger partial charge >= 0.3 is 5.97 Å². The molecule has 1 aliphatic carbocycles. The van der Waals surface area contributed by atoms with E-state index >= 15 is 0 Å². The Kier molecular flexibility index (Phi) is 3.17. The van der Waals surface area contributed by atoms with Crippen LogP contribution in [0.25, 0.3) is 0 Å². The van der Waals surface area contributed by atoms with Gasteiger partial charge < -0.3 is 9.26 Å². The monoisotopic (exact) mass is 252 g/mol. The lowest BCUT2D eigenvalue weighted by Crippen LogP contribution is -2.23. The van der Waals surface area contributed by atoms with E-state index < -0.39 is 5.41 Å². The molecular formula is C13H20N2O3. The highest BCUT2D eigenvalue weighted by Crippen LogP contribution is 2.48. The minimum atomic E-state index is -0.654. The molecule has 1 heterocycles. The molecule has 1 aliphatic rings. The van der Waals surface area contributed by atoms with Crippen LogP contribution < -0.4 is 0 Å². The van der Waals surface area contributed by atoms with Crippen LogP contribution in [0.15, 0.2) is 4.52 Å². The summed E-state index contributed by atoms with van der Waals surface area (Å²) < 4.78 is 10.3. The topological polar surface area (TPSA) is 65.2 Å². The molecule has 0 atom stereocenters. The van der Waals surface area contributed by atoms with E-state index in [1.807, 2.05) is 0 Å². The number of ether oxygens (including phenoxy) is 1. The predicted molar refractivity (Wildman–Crippen MR) is 65.0 cm³/mol. The van der Waals surface area contributed by atoms with Gasteiger partial charge in [0.05, 0.1) is 6.61 Å². The number of aromatic nitrogens is 2. The fourth-order valence-electron chi connectivity index (χ4n) is 1.89. The molecule has 0 N–H and O–H groups in total. The van der Waals surface area contributed by atoms with E-state index in [-0.39, 0.29) is 11.4 Å². The fourth-order valence-corrected chi connectivity index (χ4v) is 1.89. The van der Waals surface area contributed by atoms with Gasteiger partial charge in [0.1, 0.15) is 5.41 Å². The molecule has 0 spiro atoms. The fraction of sp³-hybridized carbons (Fsp3) is 0.769. The van der Waals surface area contributed by atoms with E-state index in [0.717, 1.165) is 19.3 Å². The second-order valence-corrected chi connectivity index (χ2v) is 6.06. The number of carbonyl (C=O) groups is 1. The summed E-state index contributed by atoms with van der Waals surface area (Å²) in [4.78, 5) is 16.2. The number of nitrogens with zero attached hydrogens (tertiary/aromatic N) is 2. The molecule has 5 heteroatoms. The maximum absolute atomic E-state index is 11.9. The third-order valence-corrected chi connectivity index (χ3v) is 2.98. The lowest BCUT2D eigenvalue weighted by molar-refractivity contribution is -0.146. The summed E-state index contributed by atoms with van der Waals surface area (Å²) in [6.45, 7) is 8.51. The second-order valence-electron chi connectivity index (χ2n) is 6.06. The smallest absolute Gasteiger partial charge is 0.321 e. The molecule has 0 aromatic carbocycles. The van der Waals surface area contributed by atoms with Gasteiger partial charge in [-0.2, -0.15) is 4.98 Å². The Bertz CT molecular complexity index is 441. The Morgan fingerprint density at radius 2 is 2.11 bits per heavy atom. The Labute approximate surface area is 107 Å². The minimum Gasteiger partial charge on any atom is -0.465 e. The first-order valence-corrected chi connectivity index (χ1v) is 6.38. The predicted octanol–water partition coefficient (Wildman–Crippen LogP) is 2.25. The van der Waals surface area contributed by atoms with Crippen molar-refractivity contribution in [1.29, 1.82) is 0 Å². The summed E-state index contributed by atoms with van der Waals surface area (Å²) >= 11 is 0. The quantitative estimate of drug-likeness (QED) is 0.769. The molecule has 0 radical (unpaired) electrons. The summed E-state index contributed by atoms with van der Waals surface area (Å²) in [6.07, 6.45) is 2.21. The van der Waals surface area contributed by atoms with Crippen molar-refractivity contribution < 1.29 is 14.1 Å². The van der Waals surface area contributed by atoms with Crippen LogP contribution in [0.2, 0.25) is 0 Å². The Balaban J connectivity index is 2.13. The Morgan fingerprint density at radius 3 is 2.61 bits per heavy atom. The van der Waals surface area contributed by atoms with Crippen LogP contribution in [-0.4, -0.2) is 22.7 Å². The van der Waals surface area contributed by atoms with Gasteiger partial charge in [-0.3, -0.25) is 4.79 Å². The van der Waals surface area contributed by atoms with Crippen molar-refractivity contribution in [3.63, 3.8) is 0 Å². The van der Waals surface area contributed by atoms with Crippen molar-refractivity contribution >= 4 is 5.97 Å². The summed E-state index contributed by atoms with van der Waals surface area (Å²) in [5.41, 5.74) is -0.555. The van der Waals surface area contributed by atoms with Gasteiger partial charge in [0.25, 0.3) is 0 Å². The van der Waals surface area contributed by atoms with E-state index in [4.69, 9.17) is 9.26 Å². The van der Waals surface area contributed by atoms with Gasteiger partial charge in [0.2, 0.25) is 5.89 Å². The van der Waals surface area contributed by atoms with Crippen LogP contribution in [0, 0.1) is 5.41 Å². The van der Waals surface area contributed by atoms with Crippen LogP contribution in [0.3, 0.4) is 0 Å². The normalized spacial score (nSPS) is 17.6. The van der Waals surface area contributed by atoms with Crippen molar-refractivity contribution in [2.24, 2.45) is 5.41 Å². The molecule has 2 rings (SSSR count). The molecule has 0 unspecified atom stereocenters. The SMILES string of the molecule is CCOC(=O)C1(c2nc(CC(C)(C)C)no2)CC1. The maximum atomic E-state index is 11.9. The van der Waals surface area contributed by atoms with Crippen molar-refractivity contribution in [3.05, 3.63) is 11.7 Å². The molecule has 5 nitrogen and oxygen atoms in total. The number of rotatable bonds is 4. The molecule has 1 saturated carbocycles. The van der Waals surface area contributed by atoms with Gasteiger partial charge in [0.15, 0.2) is 5.82 Å². The molecule has 0 bridgehead atoms. The molecule has 0 amide bonds. The molecule has 1 fully saturated rings. The van der Waals surface area contributed by atoms with Crippen LogP contribution in [-0.2, 0) is 21.4 Å².